The third kappa shape index (κ3) is 3.96. The van der Waals surface area contributed by atoms with Crippen LogP contribution >= 0.6 is 15.9 Å². The van der Waals surface area contributed by atoms with E-state index in [1.165, 1.54) is 0 Å². The molecule has 2 aliphatic rings. The molecule has 1 aromatic carbocycles. The van der Waals surface area contributed by atoms with Gasteiger partial charge in [-0.1, -0.05) is 34.9 Å². The number of rotatable bonds is 7. The fraction of sp³-hybridized carbons (Fsp3) is 0.450. The highest BCUT2D eigenvalue weighted by Crippen LogP contribution is 2.38. The van der Waals surface area contributed by atoms with Crippen molar-refractivity contribution < 1.29 is 18.9 Å². The quantitative estimate of drug-likeness (QED) is 0.635. The first-order valence-corrected chi connectivity index (χ1v) is 10.4. The number of nitrogens with one attached hydrogen (secondary N) is 1. The van der Waals surface area contributed by atoms with Crippen molar-refractivity contribution >= 4 is 33.7 Å². The zero-order valence-electron chi connectivity index (χ0n) is 16.1. The van der Waals surface area contributed by atoms with Gasteiger partial charge < -0.3 is 9.84 Å². The number of fused-ring (bicyclic) bond motifs is 1. The number of halogens is 1. The van der Waals surface area contributed by atoms with Crippen molar-refractivity contribution in [3.05, 3.63) is 45.5 Å². The lowest BCUT2D eigenvalue weighted by Gasteiger charge is -2.19. The van der Waals surface area contributed by atoms with Gasteiger partial charge in [0.05, 0.1) is 11.1 Å². The summed E-state index contributed by atoms with van der Waals surface area (Å²) in [6, 6.07) is 4.54. The van der Waals surface area contributed by atoms with Crippen molar-refractivity contribution in [2.45, 2.75) is 45.1 Å². The summed E-state index contributed by atoms with van der Waals surface area (Å²) in [6.45, 7) is 3.92. The topological polar surface area (TPSA) is 105 Å². The second kappa shape index (κ2) is 7.70. The molecule has 2 heterocycles. The van der Waals surface area contributed by atoms with E-state index in [0.717, 1.165) is 22.2 Å². The highest BCUT2D eigenvalue weighted by molar-refractivity contribution is 9.10. The molecule has 4 rings (SSSR count). The number of amides is 3. The highest BCUT2D eigenvalue weighted by atomic mass is 79.9. The molecule has 1 saturated carbocycles. The first kappa shape index (κ1) is 19.8. The first-order chi connectivity index (χ1) is 13.8. The molecule has 1 atom stereocenters. The normalized spacial score (nSPS) is 17.0. The molecule has 0 saturated heterocycles. The molecule has 1 aromatic heterocycles. The zero-order chi connectivity index (χ0) is 20.7. The van der Waals surface area contributed by atoms with Gasteiger partial charge in [0.15, 0.2) is 5.82 Å². The molecule has 9 heteroatoms. The van der Waals surface area contributed by atoms with Gasteiger partial charge in [-0.05, 0) is 37.0 Å². The Hall–Kier alpha value is -2.55. The predicted octanol–water partition coefficient (Wildman–Crippen LogP) is 3.21. The summed E-state index contributed by atoms with van der Waals surface area (Å²) in [4.78, 5) is 43.1. The first-order valence-electron chi connectivity index (χ1n) is 9.63. The number of hydrogen-bond donors (Lipinski definition) is 1. The lowest BCUT2D eigenvalue weighted by Crippen LogP contribution is -2.37. The van der Waals surface area contributed by atoms with Crippen LogP contribution in [0.4, 0.5) is 0 Å². The predicted molar refractivity (Wildman–Crippen MR) is 106 cm³/mol. The summed E-state index contributed by atoms with van der Waals surface area (Å²) < 4.78 is 6.08. The third-order valence-corrected chi connectivity index (χ3v) is 5.64. The van der Waals surface area contributed by atoms with Crippen LogP contribution in [0.25, 0.3) is 0 Å². The van der Waals surface area contributed by atoms with Gasteiger partial charge >= 0.3 is 0 Å². The fourth-order valence-electron chi connectivity index (χ4n) is 3.32. The monoisotopic (exact) mass is 460 g/mol. The molecule has 0 radical (unpaired) electrons. The Morgan fingerprint density at radius 1 is 1.28 bits per heavy atom. The number of carbonyl (C=O) groups is 3. The van der Waals surface area contributed by atoms with Crippen molar-refractivity contribution in [1.82, 2.24) is 20.4 Å². The zero-order valence-corrected chi connectivity index (χ0v) is 17.7. The van der Waals surface area contributed by atoms with E-state index in [4.69, 9.17) is 4.52 Å². The van der Waals surface area contributed by atoms with Crippen LogP contribution < -0.4 is 5.32 Å². The van der Waals surface area contributed by atoms with Crippen molar-refractivity contribution in [3.63, 3.8) is 0 Å². The van der Waals surface area contributed by atoms with Crippen LogP contribution in [0.15, 0.2) is 27.2 Å². The third-order valence-electron chi connectivity index (χ3n) is 5.14. The molecular weight excluding hydrogens is 440 g/mol. The van der Waals surface area contributed by atoms with Crippen LogP contribution in [0.2, 0.25) is 0 Å². The van der Waals surface area contributed by atoms with Gasteiger partial charge in [-0.25, -0.2) is 0 Å². The molecule has 3 amide bonds. The van der Waals surface area contributed by atoms with Crippen molar-refractivity contribution in [1.29, 1.82) is 0 Å². The maximum absolute atomic E-state index is 12.5. The molecule has 0 spiro atoms. The number of imide groups is 1. The number of carbonyl (C=O) groups excluding carboxylic acids is 3. The van der Waals surface area contributed by atoms with Crippen molar-refractivity contribution in [2.24, 2.45) is 5.92 Å². The SMILES string of the molecule is CC(C)C(NC(=O)CCN1C(=O)c2ccc(Br)cc2C1=O)c1nc(C2CC2)no1. The standard InChI is InChI=1S/C20H21BrN4O4/c1-10(2)16(18-23-17(24-29-18)11-3-4-11)22-15(26)7-8-25-19(27)13-6-5-12(21)9-14(13)20(25)28/h5-6,9-11,16H,3-4,7-8H2,1-2H3,(H,22,26). The average Bonchev–Trinajstić information content (AvgIpc) is 3.37. The van der Waals surface area contributed by atoms with E-state index in [1.54, 1.807) is 18.2 Å². The summed E-state index contributed by atoms with van der Waals surface area (Å²) in [7, 11) is 0. The Labute approximate surface area is 176 Å². The van der Waals surface area contributed by atoms with E-state index in [0.29, 0.717) is 28.8 Å². The Kier molecular flexibility index (Phi) is 5.24. The summed E-state index contributed by atoms with van der Waals surface area (Å²) in [5.74, 6) is 0.445. The summed E-state index contributed by atoms with van der Waals surface area (Å²) in [5.41, 5.74) is 0.709. The van der Waals surface area contributed by atoms with Gasteiger partial charge in [0.25, 0.3) is 11.8 Å². The minimum Gasteiger partial charge on any atom is -0.344 e. The molecule has 1 aliphatic carbocycles. The largest absolute Gasteiger partial charge is 0.344 e. The van der Waals surface area contributed by atoms with Crippen LogP contribution in [0, 0.1) is 5.92 Å². The van der Waals surface area contributed by atoms with Crippen LogP contribution in [-0.4, -0.2) is 39.3 Å². The number of hydrogen-bond acceptors (Lipinski definition) is 6. The molecular formula is C20H21BrN4O4. The van der Waals surface area contributed by atoms with E-state index in [-0.39, 0.29) is 36.6 Å². The van der Waals surface area contributed by atoms with E-state index >= 15 is 0 Å². The average molecular weight is 461 g/mol. The Morgan fingerprint density at radius 3 is 2.69 bits per heavy atom. The molecule has 152 valence electrons. The van der Waals surface area contributed by atoms with Gasteiger partial charge in [-0.15, -0.1) is 0 Å². The van der Waals surface area contributed by atoms with Crippen molar-refractivity contribution in [2.75, 3.05) is 6.54 Å². The molecule has 29 heavy (non-hydrogen) atoms. The van der Waals surface area contributed by atoms with E-state index in [1.807, 2.05) is 13.8 Å². The van der Waals surface area contributed by atoms with Gasteiger partial charge in [-0.3, -0.25) is 19.3 Å². The maximum atomic E-state index is 12.5. The number of nitrogens with zero attached hydrogens (tertiary/aromatic N) is 3. The van der Waals surface area contributed by atoms with Gasteiger partial charge in [0.2, 0.25) is 11.8 Å². The van der Waals surface area contributed by atoms with E-state index in [2.05, 4.69) is 31.4 Å². The summed E-state index contributed by atoms with van der Waals surface area (Å²) in [6.07, 6.45) is 2.13. The molecule has 1 aliphatic heterocycles. The van der Waals surface area contributed by atoms with Gasteiger partial charge in [-0.2, -0.15) is 4.98 Å². The highest BCUT2D eigenvalue weighted by Gasteiger charge is 2.36. The number of aromatic nitrogens is 2. The minimum atomic E-state index is -0.416. The fourth-order valence-corrected chi connectivity index (χ4v) is 3.68. The molecule has 0 bridgehead atoms. The number of benzene rings is 1. The molecule has 2 aromatic rings. The lowest BCUT2D eigenvalue weighted by molar-refractivity contribution is -0.122. The van der Waals surface area contributed by atoms with Gasteiger partial charge in [0.1, 0.15) is 6.04 Å². The Balaban J connectivity index is 1.38. The summed E-state index contributed by atoms with van der Waals surface area (Å²) >= 11 is 3.31. The summed E-state index contributed by atoms with van der Waals surface area (Å²) in [5, 5.41) is 6.91. The van der Waals surface area contributed by atoms with Gasteiger partial charge in [0, 0.05) is 23.4 Å². The Bertz CT molecular complexity index is 983. The van der Waals surface area contributed by atoms with E-state index in [9.17, 15) is 14.4 Å². The minimum absolute atomic E-state index is 0.000518. The maximum Gasteiger partial charge on any atom is 0.261 e. The van der Waals surface area contributed by atoms with Crippen LogP contribution in [0.3, 0.4) is 0 Å². The van der Waals surface area contributed by atoms with Crippen LogP contribution in [0.1, 0.15) is 77.5 Å². The second-order valence-corrected chi connectivity index (χ2v) is 8.67. The van der Waals surface area contributed by atoms with E-state index < -0.39 is 6.04 Å². The van der Waals surface area contributed by atoms with Crippen LogP contribution in [0.5, 0.6) is 0 Å². The smallest absolute Gasteiger partial charge is 0.261 e. The molecule has 1 N–H and O–H groups in total. The molecule has 8 nitrogen and oxygen atoms in total. The molecule has 1 unspecified atom stereocenters. The second-order valence-electron chi connectivity index (χ2n) is 7.76. The molecule has 1 fully saturated rings. The lowest BCUT2D eigenvalue weighted by atomic mass is 10.0. The van der Waals surface area contributed by atoms with Crippen molar-refractivity contribution in [3.8, 4) is 0 Å². The van der Waals surface area contributed by atoms with Crippen LogP contribution in [-0.2, 0) is 4.79 Å². The Morgan fingerprint density at radius 2 is 2.00 bits per heavy atom.